The highest BCUT2D eigenvalue weighted by atomic mass is 19.4. The Kier molecular flexibility index (Phi) is 5.30. The molecule has 0 aliphatic rings. The third-order valence-electron chi connectivity index (χ3n) is 2.67. The van der Waals surface area contributed by atoms with Crippen molar-refractivity contribution in [3.05, 3.63) is 47.8 Å². The summed E-state index contributed by atoms with van der Waals surface area (Å²) in [6, 6.07) is 7.03. The predicted octanol–water partition coefficient (Wildman–Crippen LogP) is 3.75. The molecule has 1 aromatic heterocycles. The number of nitrogens with zero attached hydrogens (tertiary/aromatic N) is 2. The van der Waals surface area contributed by atoms with E-state index in [4.69, 9.17) is 4.74 Å². The number of aromatic nitrogens is 2. The molecule has 0 saturated heterocycles. The average Bonchev–Trinajstić information content (AvgIpc) is 2.51. The molecule has 0 unspecified atom stereocenters. The van der Waals surface area contributed by atoms with Gasteiger partial charge in [-0.15, -0.1) is 0 Å². The first kappa shape index (κ1) is 16.9. The standard InChI is InChI=1S/C14H12F5N3O/c15-12(16)8-23-10-3-1-2-9(6-10)7-21-13-20-5-4-11(22-13)14(17,18)19/h1-6,12H,7-8H2,(H,20,21,22). The lowest BCUT2D eigenvalue weighted by molar-refractivity contribution is -0.141. The number of benzene rings is 1. The van der Waals surface area contributed by atoms with Gasteiger partial charge in [-0.2, -0.15) is 13.2 Å². The predicted molar refractivity (Wildman–Crippen MR) is 72.3 cm³/mol. The summed E-state index contributed by atoms with van der Waals surface area (Å²) in [5.41, 5.74) is -0.429. The number of anilines is 1. The van der Waals surface area contributed by atoms with Crippen LogP contribution in [0.5, 0.6) is 5.75 Å². The van der Waals surface area contributed by atoms with Gasteiger partial charge in [0.05, 0.1) is 0 Å². The quantitative estimate of drug-likeness (QED) is 0.818. The summed E-state index contributed by atoms with van der Waals surface area (Å²) >= 11 is 0. The summed E-state index contributed by atoms with van der Waals surface area (Å²) in [6.07, 6.45) is -6.14. The first-order chi connectivity index (χ1) is 10.8. The fourth-order valence-corrected chi connectivity index (χ4v) is 1.69. The second-order valence-electron chi connectivity index (χ2n) is 4.47. The van der Waals surface area contributed by atoms with Crippen LogP contribution in [0.25, 0.3) is 0 Å². The van der Waals surface area contributed by atoms with Gasteiger partial charge in [0.1, 0.15) is 18.1 Å². The van der Waals surface area contributed by atoms with Gasteiger partial charge in [-0.25, -0.2) is 18.7 Å². The molecule has 2 rings (SSSR count). The van der Waals surface area contributed by atoms with Crippen LogP contribution in [0.15, 0.2) is 36.5 Å². The first-order valence-electron chi connectivity index (χ1n) is 6.48. The summed E-state index contributed by atoms with van der Waals surface area (Å²) in [5, 5.41) is 2.64. The summed E-state index contributed by atoms with van der Waals surface area (Å²) in [7, 11) is 0. The molecule has 0 aliphatic carbocycles. The second kappa shape index (κ2) is 7.21. The minimum absolute atomic E-state index is 0.118. The molecular formula is C14H12F5N3O. The van der Waals surface area contributed by atoms with Crippen molar-refractivity contribution in [3.63, 3.8) is 0 Å². The summed E-state index contributed by atoms with van der Waals surface area (Å²) in [5.74, 6) is 0.0632. The molecule has 0 saturated carbocycles. The van der Waals surface area contributed by atoms with Gasteiger partial charge in [-0.3, -0.25) is 0 Å². The lowest BCUT2D eigenvalue weighted by Crippen LogP contribution is -2.11. The van der Waals surface area contributed by atoms with E-state index in [2.05, 4.69) is 15.3 Å². The van der Waals surface area contributed by atoms with E-state index >= 15 is 0 Å². The molecule has 23 heavy (non-hydrogen) atoms. The molecule has 0 aliphatic heterocycles. The van der Waals surface area contributed by atoms with Gasteiger partial charge in [-0.05, 0) is 23.8 Å². The molecule has 4 nitrogen and oxygen atoms in total. The third kappa shape index (κ3) is 5.35. The largest absolute Gasteiger partial charge is 0.488 e. The first-order valence-corrected chi connectivity index (χ1v) is 6.48. The molecule has 0 atom stereocenters. The van der Waals surface area contributed by atoms with E-state index in [1.807, 2.05) is 0 Å². The lowest BCUT2D eigenvalue weighted by Gasteiger charge is -2.10. The van der Waals surface area contributed by atoms with Crippen LogP contribution in [0, 0.1) is 0 Å². The topological polar surface area (TPSA) is 47.0 Å². The molecule has 2 aromatic rings. The molecule has 0 radical (unpaired) electrons. The van der Waals surface area contributed by atoms with Gasteiger partial charge in [-0.1, -0.05) is 12.1 Å². The fourth-order valence-electron chi connectivity index (χ4n) is 1.69. The van der Waals surface area contributed by atoms with Gasteiger partial charge in [0.2, 0.25) is 5.95 Å². The monoisotopic (exact) mass is 333 g/mol. The van der Waals surface area contributed by atoms with Crippen LogP contribution in [0.4, 0.5) is 27.9 Å². The fraction of sp³-hybridized carbons (Fsp3) is 0.286. The lowest BCUT2D eigenvalue weighted by atomic mass is 10.2. The Morgan fingerprint density at radius 2 is 1.96 bits per heavy atom. The molecule has 0 spiro atoms. The van der Waals surface area contributed by atoms with Gasteiger partial charge < -0.3 is 10.1 Å². The van der Waals surface area contributed by atoms with Crippen molar-refractivity contribution in [2.24, 2.45) is 0 Å². The number of nitrogens with one attached hydrogen (secondary N) is 1. The number of hydrogen-bond acceptors (Lipinski definition) is 4. The molecule has 0 fully saturated rings. The third-order valence-corrected chi connectivity index (χ3v) is 2.67. The van der Waals surface area contributed by atoms with Gasteiger partial charge in [0.25, 0.3) is 6.43 Å². The van der Waals surface area contributed by atoms with Crippen molar-refractivity contribution in [1.29, 1.82) is 0 Å². The molecular weight excluding hydrogens is 321 g/mol. The van der Waals surface area contributed by atoms with Crippen molar-refractivity contribution in [3.8, 4) is 5.75 Å². The van der Waals surface area contributed by atoms with Crippen LogP contribution in [0.1, 0.15) is 11.3 Å². The van der Waals surface area contributed by atoms with Crippen molar-refractivity contribution < 1.29 is 26.7 Å². The minimum Gasteiger partial charge on any atom is -0.488 e. The normalized spacial score (nSPS) is 11.6. The van der Waals surface area contributed by atoms with E-state index in [1.165, 1.54) is 12.1 Å². The van der Waals surface area contributed by atoms with Gasteiger partial charge in [0.15, 0.2) is 0 Å². The van der Waals surface area contributed by atoms with Crippen molar-refractivity contribution >= 4 is 5.95 Å². The maximum Gasteiger partial charge on any atom is 0.433 e. The highest BCUT2D eigenvalue weighted by molar-refractivity contribution is 5.33. The Morgan fingerprint density at radius 1 is 1.17 bits per heavy atom. The maximum absolute atomic E-state index is 12.5. The highest BCUT2D eigenvalue weighted by Gasteiger charge is 2.32. The smallest absolute Gasteiger partial charge is 0.433 e. The number of hydrogen-bond donors (Lipinski definition) is 1. The van der Waals surface area contributed by atoms with E-state index in [0.717, 1.165) is 12.3 Å². The Morgan fingerprint density at radius 3 is 2.65 bits per heavy atom. The number of rotatable bonds is 6. The van der Waals surface area contributed by atoms with E-state index in [0.29, 0.717) is 5.56 Å². The number of ether oxygens (including phenoxy) is 1. The van der Waals surface area contributed by atoms with Crippen LogP contribution in [-0.4, -0.2) is 23.0 Å². The van der Waals surface area contributed by atoms with Crippen LogP contribution >= 0.6 is 0 Å². The molecule has 1 heterocycles. The zero-order valence-electron chi connectivity index (χ0n) is 11.6. The Hall–Kier alpha value is -2.45. The Bertz CT molecular complexity index is 648. The molecule has 0 amide bonds. The molecule has 9 heteroatoms. The van der Waals surface area contributed by atoms with Crippen LogP contribution in [-0.2, 0) is 12.7 Å². The van der Waals surface area contributed by atoms with Crippen molar-refractivity contribution in [2.75, 3.05) is 11.9 Å². The second-order valence-corrected chi connectivity index (χ2v) is 4.47. The highest BCUT2D eigenvalue weighted by Crippen LogP contribution is 2.27. The van der Waals surface area contributed by atoms with Gasteiger partial charge in [0, 0.05) is 12.7 Å². The summed E-state index contributed by atoms with van der Waals surface area (Å²) in [6.45, 7) is -0.610. The van der Waals surface area contributed by atoms with E-state index < -0.39 is 24.9 Å². The Labute approximate surface area is 128 Å². The zero-order valence-corrected chi connectivity index (χ0v) is 11.6. The number of alkyl halides is 5. The molecule has 0 bridgehead atoms. The van der Waals surface area contributed by atoms with Crippen LogP contribution < -0.4 is 10.1 Å². The Balaban J connectivity index is 1.99. The molecule has 1 aromatic carbocycles. The molecule has 124 valence electrons. The van der Waals surface area contributed by atoms with Gasteiger partial charge >= 0.3 is 6.18 Å². The SMILES string of the molecule is FC(F)COc1cccc(CNc2nccc(C(F)(F)F)n2)c1. The van der Waals surface area contributed by atoms with E-state index in [9.17, 15) is 22.0 Å². The summed E-state index contributed by atoms with van der Waals surface area (Å²) < 4.78 is 66.6. The number of halogens is 5. The summed E-state index contributed by atoms with van der Waals surface area (Å²) in [4.78, 5) is 7.06. The maximum atomic E-state index is 12.5. The van der Waals surface area contributed by atoms with E-state index in [1.54, 1.807) is 12.1 Å². The zero-order chi connectivity index (χ0) is 16.9. The molecule has 1 N–H and O–H groups in total. The van der Waals surface area contributed by atoms with Crippen LogP contribution in [0.2, 0.25) is 0 Å². The average molecular weight is 333 g/mol. The van der Waals surface area contributed by atoms with Crippen molar-refractivity contribution in [1.82, 2.24) is 9.97 Å². The van der Waals surface area contributed by atoms with Crippen LogP contribution in [0.3, 0.4) is 0 Å². The van der Waals surface area contributed by atoms with Crippen molar-refractivity contribution in [2.45, 2.75) is 19.1 Å². The van der Waals surface area contributed by atoms with E-state index in [-0.39, 0.29) is 18.2 Å². The minimum atomic E-state index is -4.55.